The zero-order valence-corrected chi connectivity index (χ0v) is 12.2. The molecule has 0 spiro atoms. The highest BCUT2D eigenvalue weighted by molar-refractivity contribution is 5.92. The zero-order valence-electron chi connectivity index (χ0n) is 12.2. The van der Waals surface area contributed by atoms with Crippen LogP contribution in [0, 0.1) is 0 Å². The SMILES string of the molecule is COc1cc(OC)c2c(c1)OCc1c-2oc2cc(O)ccc12. The molecular formula is C17H14O5. The van der Waals surface area contributed by atoms with Crippen molar-refractivity contribution in [3.05, 3.63) is 35.9 Å². The molecule has 112 valence electrons. The topological polar surface area (TPSA) is 61.1 Å². The van der Waals surface area contributed by atoms with Gasteiger partial charge in [0, 0.05) is 29.1 Å². The van der Waals surface area contributed by atoms with Crippen LogP contribution in [0.4, 0.5) is 0 Å². The number of furan rings is 1. The standard InChI is InChI=1S/C17H14O5/c1-19-10-6-14(20-2)16-15(7-10)21-8-12-11-4-3-9(18)5-13(11)22-17(12)16/h3-7,18H,8H2,1-2H3. The Labute approximate surface area is 126 Å². The molecule has 5 heteroatoms. The van der Waals surface area contributed by atoms with Gasteiger partial charge in [0.2, 0.25) is 0 Å². The lowest BCUT2D eigenvalue weighted by atomic mass is 10.0. The second-order valence-electron chi connectivity index (χ2n) is 5.08. The average Bonchev–Trinajstić information content (AvgIpc) is 2.90. The summed E-state index contributed by atoms with van der Waals surface area (Å²) in [6.45, 7) is 0.399. The van der Waals surface area contributed by atoms with E-state index < -0.39 is 0 Å². The number of hydrogen-bond acceptors (Lipinski definition) is 5. The van der Waals surface area contributed by atoms with E-state index in [2.05, 4.69) is 0 Å². The van der Waals surface area contributed by atoms with Crippen LogP contribution in [-0.4, -0.2) is 19.3 Å². The number of phenolic OH excluding ortho intramolecular Hbond substituents is 1. The Morgan fingerprint density at radius 1 is 1.09 bits per heavy atom. The first-order valence-electron chi connectivity index (χ1n) is 6.85. The first-order chi connectivity index (χ1) is 10.7. The summed E-state index contributed by atoms with van der Waals surface area (Å²) in [6.07, 6.45) is 0. The van der Waals surface area contributed by atoms with Crippen LogP contribution < -0.4 is 14.2 Å². The second-order valence-corrected chi connectivity index (χ2v) is 5.08. The molecule has 0 unspecified atom stereocenters. The van der Waals surface area contributed by atoms with E-state index in [0.717, 1.165) is 16.5 Å². The predicted octanol–water partition coefficient (Wildman–Crippen LogP) is 3.72. The Hall–Kier alpha value is -2.82. The number of ether oxygens (including phenoxy) is 3. The van der Waals surface area contributed by atoms with Gasteiger partial charge in [-0.3, -0.25) is 0 Å². The van der Waals surface area contributed by atoms with Gasteiger partial charge in [-0.15, -0.1) is 0 Å². The van der Waals surface area contributed by atoms with Crippen LogP contribution in [0.25, 0.3) is 22.3 Å². The second kappa shape index (κ2) is 4.59. The van der Waals surface area contributed by atoms with Crippen molar-refractivity contribution < 1.29 is 23.7 Å². The van der Waals surface area contributed by atoms with Gasteiger partial charge in [0.25, 0.3) is 0 Å². The Kier molecular flexibility index (Phi) is 2.69. The number of phenols is 1. The molecule has 0 aliphatic carbocycles. The van der Waals surface area contributed by atoms with Crippen LogP contribution in [0.5, 0.6) is 23.0 Å². The lowest BCUT2D eigenvalue weighted by Crippen LogP contribution is -2.05. The lowest BCUT2D eigenvalue weighted by molar-refractivity contribution is 0.294. The van der Waals surface area contributed by atoms with E-state index >= 15 is 0 Å². The van der Waals surface area contributed by atoms with E-state index in [1.54, 1.807) is 32.4 Å². The maximum Gasteiger partial charge on any atom is 0.149 e. The van der Waals surface area contributed by atoms with Crippen LogP contribution >= 0.6 is 0 Å². The van der Waals surface area contributed by atoms with Gasteiger partial charge in [-0.2, -0.15) is 0 Å². The minimum absolute atomic E-state index is 0.168. The van der Waals surface area contributed by atoms with Crippen LogP contribution in [0.2, 0.25) is 0 Å². The summed E-state index contributed by atoms with van der Waals surface area (Å²) in [7, 11) is 3.19. The van der Waals surface area contributed by atoms with Crippen molar-refractivity contribution in [3.63, 3.8) is 0 Å². The van der Waals surface area contributed by atoms with Crippen molar-refractivity contribution >= 4 is 11.0 Å². The molecule has 0 amide bonds. The van der Waals surface area contributed by atoms with Gasteiger partial charge in [0.1, 0.15) is 46.5 Å². The highest BCUT2D eigenvalue weighted by Crippen LogP contribution is 2.49. The van der Waals surface area contributed by atoms with Crippen LogP contribution in [-0.2, 0) is 6.61 Å². The third-order valence-electron chi connectivity index (χ3n) is 3.87. The molecule has 2 heterocycles. The minimum atomic E-state index is 0.168. The average molecular weight is 298 g/mol. The molecule has 3 aromatic rings. The summed E-state index contributed by atoms with van der Waals surface area (Å²) in [5, 5.41) is 10.6. The van der Waals surface area contributed by atoms with Gasteiger partial charge in [-0.1, -0.05) is 0 Å². The molecule has 0 atom stereocenters. The number of benzene rings is 2. The molecular weight excluding hydrogens is 284 g/mol. The maximum absolute atomic E-state index is 9.62. The van der Waals surface area contributed by atoms with Crippen molar-refractivity contribution in [1.82, 2.24) is 0 Å². The van der Waals surface area contributed by atoms with Gasteiger partial charge in [-0.05, 0) is 12.1 Å². The number of fused-ring (bicyclic) bond motifs is 5. The molecule has 0 fully saturated rings. The predicted molar refractivity (Wildman–Crippen MR) is 80.8 cm³/mol. The summed E-state index contributed by atoms with van der Waals surface area (Å²) in [5.74, 6) is 2.82. The molecule has 2 aromatic carbocycles. The largest absolute Gasteiger partial charge is 0.508 e. The first-order valence-corrected chi connectivity index (χ1v) is 6.85. The molecule has 1 N–H and O–H groups in total. The third kappa shape index (κ3) is 1.72. The summed E-state index contributed by atoms with van der Waals surface area (Å²) in [4.78, 5) is 0. The van der Waals surface area contributed by atoms with E-state index in [1.165, 1.54) is 0 Å². The maximum atomic E-state index is 9.62. The molecule has 5 nitrogen and oxygen atoms in total. The van der Waals surface area contributed by atoms with Crippen LogP contribution in [0.1, 0.15) is 5.56 Å². The normalized spacial score (nSPS) is 12.5. The quantitative estimate of drug-likeness (QED) is 0.781. The number of aromatic hydroxyl groups is 1. The molecule has 0 saturated carbocycles. The summed E-state index contributed by atoms with van der Waals surface area (Å²) in [5.41, 5.74) is 2.34. The van der Waals surface area contributed by atoms with Crippen molar-refractivity contribution in [2.24, 2.45) is 0 Å². The summed E-state index contributed by atoms with van der Waals surface area (Å²) in [6, 6.07) is 8.67. The molecule has 0 bridgehead atoms. The first kappa shape index (κ1) is 12.9. The number of hydrogen-bond donors (Lipinski definition) is 1. The fourth-order valence-electron chi connectivity index (χ4n) is 2.82. The van der Waals surface area contributed by atoms with E-state index in [0.29, 0.717) is 35.2 Å². The molecule has 1 aliphatic rings. The number of rotatable bonds is 2. The van der Waals surface area contributed by atoms with Crippen molar-refractivity contribution in [2.45, 2.75) is 6.61 Å². The van der Waals surface area contributed by atoms with Crippen LogP contribution in [0.3, 0.4) is 0 Å². The Bertz CT molecular complexity index is 861. The van der Waals surface area contributed by atoms with Gasteiger partial charge >= 0.3 is 0 Å². The molecule has 1 aliphatic heterocycles. The van der Waals surface area contributed by atoms with Gasteiger partial charge in [0.15, 0.2) is 0 Å². The molecule has 1 aromatic heterocycles. The zero-order chi connectivity index (χ0) is 15.3. The van der Waals surface area contributed by atoms with E-state index in [1.807, 2.05) is 12.1 Å². The van der Waals surface area contributed by atoms with Crippen molar-refractivity contribution in [3.8, 4) is 34.3 Å². The minimum Gasteiger partial charge on any atom is -0.508 e. The van der Waals surface area contributed by atoms with E-state index in [9.17, 15) is 5.11 Å². The summed E-state index contributed by atoms with van der Waals surface area (Å²) < 4.78 is 22.5. The Balaban J connectivity index is 2.02. The number of methoxy groups -OCH3 is 2. The highest BCUT2D eigenvalue weighted by Gasteiger charge is 2.28. The smallest absolute Gasteiger partial charge is 0.149 e. The lowest BCUT2D eigenvalue weighted by Gasteiger charge is -2.20. The molecule has 22 heavy (non-hydrogen) atoms. The van der Waals surface area contributed by atoms with Crippen molar-refractivity contribution in [1.29, 1.82) is 0 Å². The monoisotopic (exact) mass is 298 g/mol. The summed E-state index contributed by atoms with van der Waals surface area (Å²) >= 11 is 0. The third-order valence-corrected chi connectivity index (χ3v) is 3.87. The molecule has 0 radical (unpaired) electrons. The van der Waals surface area contributed by atoms with E-state index in [4.69, 9.17) is 18.6 Å². The molecule has 4 rings (SSSR count). The van der Waals surface area contributed by atoms with E-state index in [-0.39, 0.29) is 5.75 Å². The fraction of sp³-hybridized carbons (Fsp3) is 0.176. The van der Waals surface area contributed by atoms with Crippen LogP contribution in [0.15, 0.2) is 34.7 Å². The highest BCUT2D eigenvalue weighted by atomic mass is 16.5. The Morgan fingerprint density at radius 3 is 2.73 bits per heavy atom. The fourth-order valence-corrected chi connectivity index (χ4v) is 2.82. The van der Waals surface area contributed by atoms with Gasteiger partial charge in [0.05, 0.1) is 14.2 Å². The van der Waals surface area contributed by atoms with Gasteiger partial charge in [-0.25, -0.2) is 0 Å². The Morgan fingerprint density at radius 2 is 1.95 bits per heavy atom. The molecule has 0 saturated heterocycles. The van der Waals surface area contributed by atoms with Crippen molar-refractivity contribution in [2.75, 3.05) is 14.2 Å². The van der Waals surface area contributed by atoms with Gasteiger partial charge < -0.3 is 23.7 Å².